The van der Waals surface area contributed by atoms with Crippen molar-refractivity contribution in [2.45, 2.75) is 25.3 Å². The highest BCUT2D eigenvalue weighted by Gasteiger charge is 2.19. The highest BCUT2D eigenvalue weighted by molar-refractivity contribution is 5.76. The molecule has 0 aliphatic carbocycles. The van der Waals surface area contributed by atoms with Gasteiger partial charge < -0.3 is 19.7 Å². The van der Waals surface area contributed by atoms with Crippen LogP contribution in [-0.4, -0.2) is 45.2 Å². The van der Waals surface area contributed by atoms with Gasteiger partial charge in [-0.1, -0.05) is 24.3 Å². The van der Waals surface area contributed by atoms with E-state index in [0.717, 1.165) is 36.5 Å². The first-order chi connectivity index (χ1) is 13.1. The maximum atomic E-state index is 12.3. The molecule has 5 nitrogen and oxygen atoms in total. The van der Waals surface area contributed by atoms with E-state index in [9.17, 15) is 4.79 Å². The van der Waals surface area contributed by atoms with E-state index in [0.29, 0.717) is 13.0 Å². The highest BCUT2D eigenvalue weighted by atomic mass is 16.5. The summed E-state index contributed by atoms with van der Waals surface area (Å²) in [7, 11) is 5.73. The Morgan fingerprint density at radius 1 is 1.22 bits per heavy atom. The maximum absolute atomic E-state index is 12.3. The Balaban J connectivity index is 1.53. The van der Waals surface area contributed by atoms with Crippen LogP contribution in [0, 0.1) is 0 Å². The second kappa shape index (κ2) is 8.91. The molecule has 3 rings (SSSR count). The fourth-order valence-electron chi connectivity index (χ4n) is 3.36. The van der Waals surface area contributed by atoms with Gasteiger partial charge >= 0.3 is 0 Å². The molecule has 1 aliphatic heterocycles. The van der Waals surface area contributed by atoms with Gasteiger partial charge in [0.2, 0.25) is 5.91 Å². The first kappa shape index (κ1) is 19.2. The number of ether oxygens (including phenoxy) is 2. The predicted molar refractivity (Wildman–Crippen MR) is 106 cm³/mol. The third-order valence-electron chi connectivity index (χ3n) is 5.01. The number of likely N-dealkylation sites (N-methyl/N-ethyl adjacent to an activating group) is 1. The van der Waals surface area contributed by atoms with E-state index in [1.165, 1.54) is 11.1 Å². The first-order valence-electron chi connectivity index (χ1n) is 9.38. The zero-order valence-corrected chi connectivity index (χ0v) is 16.3. The molecule has 0 saturated carbocycles. The predicted octanol–water partition coefficient (Wildman–Crippen LogP) is 2.98. The van der Waals surface area contributed by atoms with Crippen LogP contribution in [-0.2, 0) is 17.6 Å². The molecule has 1 atom stereocenters. The summed E-state index contributed by atoms with van der Waals surface area (Å²) >= 11 is 0. The lowest BCUT2D eigenvalue weighted by atomic mass is 10.0. The van der Waals surface area contributed by atoms with E-state index in [2.05, 4.69) is 22.3 Å². The Labute approximate surface area is 161 Å². The van der Waals surface area contributed by atoms with Crippen LogP contribution >= 0.6 is 0 Å². The van der Waals surface area contributed by atoms with E-state index in [1.54, 1.807) is 7.11 Å². The molecule has 2 aromatic carbocycles. The van der Waals surface area contributed by atoms with Gasteiger partial charge in [0.1, 0.15) is 11.5 Å². The quantitative estimate of drug-likeness (QED) is 0.778. The van der Waals surface area contributed by atoms with Crippen LogP contribution in [0.2, 0.25) is 0 Å². The van der Waals surface area contributed by atoms with Crippen molar-refractivity contribution in [3.8, 4) is 11.5 Å². The summed E-state index contributed by atoms with van der Waals surface area (Å²) in [4.78, 5) is 14.5. The molecule has 1 amide bonds. The first-order valence-corrected chi connectivity index (χ1v) is 9.38. The smallest absolute Gasteiger partial charge is 0.220 e. The maximum Gasteiger partial charge on any atom is 0.220 e. The molecular weight excluding hydrogens is 340 g/mol. The van der Waals surface area contributed by atoms with Gasteiger partial charge in [0.15, 0.2) is 0 Å². The third-order valence-corrected chi connectivity index (χ3v) is 5.01. The minimum Gasteiger partial charge on any atom is -0.497 e. The lowest BCUT2D eigenvalue weighted by Gasteiger charge is -2.25. The average molecular weight is 368 g/mol. The molecule has 1 N–H and O–H groups in total. The number of methoxy groups -OCH3 is 1. The van der Waals surface area contributed by atoms with Crippen molar-refractivity contribution in [3.63, 3.8) is 0 Å². The molecular formula is C22H28N2O3. The van der Waals surface area contributed by atoms with Crippen molar-refractivity contribution in [1.82, 2.24) is 10.2 Å². The zero-order chi connectivity index (χ0) is 19.2. The van der Waals surface area contributed by atoms with Crippen LogP contribution in [0.3, 0.4) is 0 Å². The van der Waals surface area contributed by atoms with Crippen LogP contribution in [0.1, 0.15) is 29.2 Å². The minimum absolute atomic E-state index is 0.0714. The van der Waals surface area contributed by atoms with Crippen molar-refractivity contribution in [1.29, 1.82) is 0 Å². The number of rotatable bonds is 8. The van der Waals surface area contributed by atoms with Gasteiger partial charge in [-0.15, -0.1) is 0 Å². The van der Waals surface area contributed by atoms with E-state index < -0.39 is 0 Å². The van der Waals surface area contributed by atoms with Crippen LogP contribution in [0.5, 0.6) is 11.5 Å². The van der Waals surface area contributed by atoms with Gasteiger partial charge in [-0.25, -0.2) is 0 Å². The topological polar surface area (TPSA) is 50.8 Å². The fraction of sp³-hybridized carbons (Fsp3) is 0.409. The third kappa shape index (κ3) is 5.01. The van der Waals surface area contributed by atoms with Crippen molar-refractivity contribution in [2.24, 2.45) is 0 Å². The molecule has 1 heterocycles. The van der Waals surface area contributed by atoms with Gasteiger partial charge in [-0.2, -0.15) is 0 Å². The van der Waals surface area contributed by atoms with E-state index >= 15 is 0 Å². The van der Waals surface area contributed by atoms with E-state index in [1.807, 2.05) is 44.4 Å². The molecule has 0 aromatic heterocycles. The largest absolute Gasteiger partial charge is 0.497 e. The summed E-state index contributed by atoms with van der Waals surface area (Å²) in [6.45, 7) is 1.35. The standard InChI is InChI=1S/C22H28N2O3/c1-24(2)20(17-7-10-21-18(14-17)12-13-27-21)15-23-22(25)11-6-16-4-8-19(26-3)9-5-16/h4-5,7-10,14,20H,6,11-13,15H2,1-3H3,(H,23,25). The molecule has 0 spiro atoms. The summed E-state index contributed by atoms with van der Waals surface area (Å²) in [5.74, 6) is 1.89. The van der Waals surface area contributed by atoms with Crippen molar-refractivity contribution < 1.29 is 14.3 Å². The second-order valence-corrected chi connectivity index (χ2v) is 7.10. The van der Waals surface area contributed by atoms with Gasteiger partial charge in [0.05, 0.1) is 19.8 Å². The van der Waals surface area contributed by atoms with Crippen molar-refractivity contribution in [2.75, 3.05) is 34.4 Å². The molecule has 1 unspecified atom stereocenters. The Hall–Kier alpha value is -2.53. The average Bonchev–Trinajstić information content (AvgIpc) is 3.14. The normalized spacial score (nSPS) is 13.8. The summed E-state index contributed by atoms with van der Waals surface area (Å²) in [5.41, 5.74) is 3.60. The summed E-state index contributed by atoms with van der Waals surface area (Å²) in [5, 5.41) is 3.09. The van der Waals surface area contributed by atoms with Gasteiger partial charge in [-0.3, -0.25) is 4.79 Å². The number of aryl methyl sites for hydroxylation is 1. The number of carbonyl (C=O) groups excluding carboxylic acids is 1. The zero-order valence-electron chi connectivity index (χ0n) is 16.3. The number of benzene rings is 2. The fourth-order valence-corrected chi connectivity index (χ4v) is 3.36. The Bertz CT molecular complexity index is 772. The van der Waals surface area contributed by atoms with Crippen molar-refractivity contribution in [3.05, 3.63) is 59.2 Å². The molecule has 0 fully saturated rings. The lowest BCUT2D eigenvalue weighted by Crippen LogP contribution is -2.34. The van der Waals surface area contributed by atoms with Crippen LogP contribution < -0.4 is 14.8 Å². The number of amides is 1. The van der Waals surface area contributed by atoms with E-state index in [-0.39, 0.29) is 11.9 Å². The lowest BCUT2D eigenvalue weighted by molar-refractivity contribution is -0.121. The van der Waals surface area contributed by atoms with Crippen LogP contribution in [0.15, 0.2) is 42.5 Å². The number of nitrogens with one attached hydrogen (secondary N) is 1. The Morgan fingerprint density at radius 3 is 2.70 bits per heavy atom. The summed E-state index contributed by atoms with van der Waals surface area (Å²) < 4.78 is 10.7. The monoisotopic (exact) mass is 368 g/mol. The molecule has 2 aromatic rings. The molecule has 27 heavy (non-hydrogen) atoms. The number of hydrogen-bond donors (Lipinski definition) is 1. The SMILES string of the molecule is COc1ccc(CCC(=O)NCC(c2ccc3c(c2)CCO3)N(C)C)cc1. The van der Waals surface area contributed by atoms with E-state index in [4.69, 9.17) is 9.47 Å². The number of nitrogens with zero attached hydrogens (tertiary/aromatic N) is 1. The van der Waals surface area contributed by atoms with Crippen molar-refractivity contribution >= 4 is 5.91 Å². The molecule has 0 saturated heterocycles. The minimum atomic E-state index is 0.0714. The molecule has 1 aliphatic rings. The highest BCUT2D eigenvalue weighted by Crippen LogP contribution is 2.29. The molecule has 5 heteroatoms. The van der Waals surface area contributed by atoms with Crippen LogP contribution in [0.4, 0.5) is 0 Å². The summed E-state index contributed by atoms with van der Waals surface area (Å²) in [6, 6.07) is 14.3. The molecule has 144 valence electrons. The Kier molecular flexibility index (Phi) is 6.35. The summed E-state index contributed by atoms with van der Waals surface area (Å²) in [6.07, 6.45) is 2.15. The van der Waals surface area contributed by atoms with Gasteiger partial charge in [-0.05, 0) is 55.4 Å². The number of hydrogen-bond acceptors (Lipinski definition) is 4. The Morgan fingerprint density at radius 2 is 2.00 bits per heavy atom. The number of fused-ring (bicyclic) bond motifs is 1. The van der Waals surface area contributed by atoms with Gasteiger partial charge in [0, 0.05) is 19.4 Å². The number of carbonyl (C=O) groups is 1. The molecule has 0 bridgehead atoms. The van der Waals surface area contributed by atoms with Crippen LogP contribution in [0.25, 0.3) is 0 Å². The molecule has 0 radical (unpaired) electrons. The second-order valence-electron chi connectivity index (χ2n) is 7.10. The van der Waals surface area contributed by atoms with Gasteiger partial charge in [0.25, 0.3) is 0 Å².